The number of carbonyl (C=O) groups is 1. The zero-order chi connectivity index (χ0) is 14.0. The van der Waals surface area contributed by atoms with E-state index >= 15 is 0 Å². The number of ketones is 1. The average molecular weight is 322 g/mol. The van der Waals surface area contributed by atoms with Gasteiger partial charge in [0.25, 0.3) is 0 Å². The number of halogens is 1. The van der Waals surface area contributed by atoms with Crippen molar-refractivity contribution in [3.8, 4) is 0 Å². The van der Waals surface area contributed by atoms with Gasteiger partial charge in [-0.1, -0.05) is 15.9 Å². The third kappa shape index (κ3) is 3.12. The molecule has 0 radical (unpaired) electrons. The molecular weight excluding hydrogens is 310 g/mol. The molecule has 1 aromatic heterocycles. The van der Waals surface area contributed by atoms with Crippen molar-refractivity contribution in [3.05, 3.63) is 56.4 Å². The standard InChI is InChI=1S/C14H12BrNO3/c1-8-7-12(18)13(9(2)17)14(19-8)16-11-5-3-10(15)4-6-11/h3-7,16H,1-2H3. The first-order valence-electron chi connectivity index (χ1n) is 5.65. The summed E-state index contributed by atoms with van der Waals surface area (Å²) in [5, 5.41) is 2.95. The third-order valence-corrected chi connectivity index (χ3v) is 3.05. The number of nitrogens with one attached hydrogen (secondary N) is 1. The molecule has 2 rings (SSSR count). The monoisotopic (exact) mass is 321 g/mol. The van der Waals surface area contributed by atoms with Gasteiger partial charge in [-0.3, -0.25) is 9.59 Å². The van der Waals surface area contributed by atoms with Gasteiger partial charge in [-0.05, 0) is 38.1 Å². The summed E-state index contributed by atoms with van der Waals surface area (Å²) < 4.78 is 6.38. The van der Waals surface area contributed by atoms with Crippen LogP contribution in [0.15, 0.2) is 44.0 Å². The number of benzene rings is 1. The molecular formula is C14H12BrNO3. The highest BCUT2D eigenvalue weighted by Gasteiger charge is 2.15. The Bertz CT molecular complexity index is 674. The summed E-state index contributed by atoms with van der Waals surface area (Å²) in [6.45, 7) is 3.01. The second-order valence-corrected chi connectivity index (χ2v) is 5.03. The molecule has 0 saturated heterocycles. The van der Waals surface area contributed by atoms with E-state index in [1.54, 1.807) is 6.92 Å². The van der Waals surface area contributed by atoms with Crippen LogP contribution in [0.4, 0.5) is 11.6 Å². The lowest BCUT2D eigenvalue weighted by atomic mass is 10.1. The maximum atomic E-state index is 11.8. The third-order valence-electron chi connectivity index (χ3n) is 2.53. The smallest absolute Gasteiger partial charge is 0.212 e. The van der Waals surface area contributed by atoms with Gasteiger partial charge in [-0.25, -0.2) is 0 Å². The lowest BCUT2D eigenvalue weighted by Crippen LogP contribution is -2.15. The summed E-state index contributed by atoms with van der Waals surface area (Å²) >= 11 is 3.34. The highest BCUT2D eigenvalue weighted by molar-refractivity contribution is 9.10. The minimum absolute atomic E-state index is 0.0357. The quantitative estimate of drug-likeness (QED) is 0.876. The number of anilines is 2. The van der Waals surface area contributed by atoms with Crippen LogP contribution in [0.1, 0.15) is 23.0 Å². The van der Waals surface area contributed by atoms with E-state index in [0.29, 0.717) is 5.76 Å². The molecule has 1 aromatic carbocycles. The van der Waals surface area contributed by atoms with Crippen LogP contribution in [0.5, 0.6) is 0 Å². The first kappa shape index (κ1) is 13.5. The second kappa shape index (κ2) is 5.40. The Labute approximate surface area is 118 Å². The Kier molecular flexibility index (Phi) is 3.85. The van der Waals surface area contributed by atoms with Crippen LogP contribution < -0.4 is 10.7 Å². The van der Waals surface area contributed by atoms with Gasteiger partial charge in [0.1, 0.15) is 11.3 Å². The van der Waals surface area contributed by atoms with Crippen LogP contribution in [-0.2, 0) is 0 Å². The number of hydrogen-bond donors (Lipinski definition) is 1. The van der Waals surface area contributed by atoms with Crippen LogP contribution in [-0.4, -0.2) is 5.78 Å². The molecule has 98 valence electrons. The molecule has 2 aromatic rings. The lowest BCUT2D eigenvalue weighted by molar-refractivity contribution is 0.101. The molecule has 5 heteroatoms. The van der Waals surface area contributed by atoms with Gasteiger partial charge >= 0.3 is 0 Å². The summed E-state index contributed by atoms with van der Waals surface area (Å²) in [4.78, 5) is 23.4. The van der Waals surface area contributed by atoms with E-state index in [1.165, 1.54) is 13.0 Å². The lowest BCUT2D eigenvalue weighted by Gasteiger charge is -2.09. The zero-order valence-corrected chi connectivity index (χ0v) is 12.1. The molecule has 0 spiro atoms. The predicted molar refractivity (Wildman–Crippen MR) is 77.1 cm³/mol. The van der Waals surface area contributed by atoms with E-state index in [-0.39, 0.29) is 22.7 Å². The fourth-order valence-electron chi connectivity index (χ4n) is 1.70. The topological polar surface area (TPSA) is 59.3 Å². The number of hydrogen-bond acceptors (Lipinski definition) is 4. The Morgan fingerprint density at radius 3 is 2.47 bits per heavy atom. The first-order valence-corrected chi connectivity index (χ1v) is 6.45. The van der Waals surface area contributed by atoms with Gasteiger partial charge in [0, 0.05) is 16.2 Å². The maximum Gasteiger partial charge on any atom is 0.212 e. The number of Topliss-reactive ketones (excluding diaryl/α,β-unsaturated/α-hetero) is 1. The summed E-state index contributed by atoms with van der Waals surface area (Å²) in [5.74, 6) is 0.308. The molecule has 0 aliphatic rings. The maximum absolute atomic E-state index is 11.8. The molecule has 4 nitrogen and oxygen atoms in total. The SMILES string of the molecule is CC(=O)c1c(Nc2ccc(Br)cc2)oc(C)cc1=O. The largest absolute Gasteiger partial charge is 0.445 e. The molecule has 1 N–H and O–H groups in total. The Hall–Kier alpha value is -1.88. The van der Waals surface area contributed by atoms with Crippen molar-refractivity contribution in [2.45, 2.75) is 13.8 Å². The minimum atomic E-state index is -0.337. The molecule has 0 fully saturated rings. The number of carbonyl (C=O) groups excluding carboxylic acids is 1. The van der Waals surface area contributed by atoms with Gasteiger partial charge in [0.15, 0.2) is 11.2 Å². The zero-order valence-electron chi connectivity index (χ0n) is 10.5. The number of aryl methyl sites for hydroxylation is 1. The van der Waals surface area contributed by atoms with Crippen molar-refractivity contribution >= 4 is 33.3 Å². The Morgan fingerprint density at radius 1 is 1.26 bits per heavy atom. The summed E-state index contributed by atoms with van der Waals surface area (Å²) in [7, 11) is 0. The van der Waals surface area contributed by atoms with Crippen molar-refractivity contribution in [1.82, 2.24) is 0 Å². The molecule has 0 aliphatic heterocycles. The van der Waals surface area contributed by atoms with Crippen molar-refractivity contribution in [2.24, 2.45) is 0 Å². The second-order valence-electron chi connectivity index (χ2n) is 4.11. The normalized spacial score (nSPS) is 10.3. The van der Waals surface area contributed by atoms with Gasteiger partial charge < -0.3 is 9.73 Å². The van der Waals surface area contributed by atoms with E-state index in [9.17, 15) is 9.59 Å². The van der Waals surface area contributed by atoms with Gasteiger partial charge in [-0.2, -0.15) is 0 Å². The number of rotatable bonds is 3. The summed E-state index contributed by atoms with van der Waals surface area (Å²) in [6, 6.07) is 8.64. The van der Waals surface area contributed by atoms with E-state index in [1.807, 2.05) is 24.3 Å². The van der Waals surface area contributed by atoms with Gasteiger partial charge in [0.2, 0.25) is 5.88 Å². The molecule has 0 saturated carbocycles. The predicted octanol–water partition coefficient (Wildman–Crippen LogP) is 3.66. The van der Waals surface area contributed by atoms with E-state index in [2.05, 4.69) is 21.2 Å². The first-order chi connectivity index (χ1) is 8.97. The molecule has 0 amide bonds. The highest BCUT2D eigenvalue weighted by atomic mass is 79.9. The van der Waals surface area contributed by atoms with Crippen molar-refractivity contribution in [2.75, 3.05) is 5.32 Å². The van der Waals surface area contributed by atoms with Gasteiger partial charge in [-0.15, -0.1) is 0 Å². The average Bonchev–Trinajstić information content (AvgIpc) is 2.30. The summed E-state index contributed by atoms with van der Waals surface area (Å²) in [6.07, 6.45) is 0. The van der Waals surface area contributed by atoms with E-state index in [4.69, 9.17) is 4.42 Å². The van der Waals surface area contributed by atoms with Crippen LogP contribution in [0, 0.1) is 6.92 Å². The fraction of sp³-hybridized carbons (Fsp3) is 0.143. The van der Waals surface area contributed by atoms with Crippen LogP contribution in [0.2, 0.25) is 0 Å². The van der Waals surface area contributed by atoms with Gasteiger partial charge in [0.05, 0.1) is 0 Å². The van der Waals surface area contributed by atoms with E-state index in [0.717, 1.165) is 10.2 Å². The Balaban J connectivity index is 2.47. The molecule has 0 atom stereocenters. The molecule has 19 heavy (non-hydrogen) atoms. The van der Waals surface area contributed by atoms with Crippen molar-refractivity contribution in [3.63, 3.8) is 0 Å². The molecule has 1 heterocycles. The Morgan fingerprint density at radius 2 is 1.89 bits per heavy atom. The van der Waals surface area contributed by atoms with Crippen molar-refractivity contribution < 1.29 is 9.21 Å². The highest BCUT2D eigenvalue weighted by Crippen LogP contribution is 2.22. The van der Waals surface area contributed by atoms with Crippen molar-refractivity contribution in [1.29, 1.82) is 0 Å². The molecule has 0 unspecified atom stereocenters. The molecule has 0 aliphatic carbocycles. The van der Waals surface area contributed by atoms with Crippen LogP contribution in [0.3, 0.4) is 0 Å². The fourth-order valence-corrected chi connectivity index (χ4v) is 1.96. The van der Waals surface area contributed by atoms with Crippen LogP contribution in [0.25, 0.3) is 0 Å². The summed E-state index contributed by atoms with van der Waals surface area (Å²) in [5.41, 5.74) is 0.434. The molecule has 0 bridgehead atoms. The minimum Gasteiger partial charge on any atom is -0.445 e. The van der Waals surface area contributed by atoms with Crippen LogP contribution >= 0.6 is 15.9 Å². The van der Waals surface area contributed by atoms with E-state index < -0.39 is 0 Å².